The van der Waals surface area contributed by atoms with Crippen molar-refractivity contribution in [3.05, 3.63) is 58.4 Å². The summed E-state index contributed by atoms with van der Waals surface area (Å²) in [6, 6.07) is 13.5. The first-order valence-corrected chi connectivity index (χ1v) is 6.37. The number of nitrogens with zero attached hydrogens (tertiary/aromatic N) is 2. The van der Waals surface area contributed by atoms with Gasteiger partial charge in [-0.25, -0.2) is 4.98 Å². The number of pyridine rings is 1. The maximum absolute atomic E-state index is 8.78. The standard InChI is InChI=1S/C15H14ClN3/c1-10(13-5-3-12(9-17)4-6-13)18-14-7-8-15(16)19-11(14)2/h3-8,10,18H,1-2H3. The second-order valence-electron chi connectivity index (χ2n) is 4.37. The molecule has 0 aliphatic rings. The predicted octanol–water partition coefficient (Wildman–Crippen LogP) is 4.09. The molecule has 1 aromatic heterocycles. The van der Waals surface area contributed by atoms with Crippen molar-refractivity contribution in [2.24, 2.45) is 0 Å². The molecule has 3 nitrogen and oxygen atoms in total. The van der Waals surface area contributed by atoms with Crippen LogP contribution in [0.25, 0.3) is 0 Å². The van der Waals surface area contributed by atoms with Gasteiger partial charge in [-0.3, -0.25) is 0 Å². The van der Waals surface area contributed by atoms with Crippen molar-refractivity contribution in [2.45, 2.75) is 19.9 Å². The van der Waals surface area contributed by atoms with Crippen molar-refractivity contribution in [3.8, 4) is 6.07 Å². The molecule has 0 fully saturated rings. The molecule has 2 rings (SSSR count). The number of nitrogens with one attached hydrogen (secondary N) is 1. The van der Waals surface area contributed by atoms with Gasteiger partial charge in [-0.2, -0.15) is 5.26 Å². The van der Waals surface area contributed by atoms with Crippen molar-refractivity contribution in [2.75, 3.05) is 5.32 Å². The van der Waals surface area contributed by atoms with Gasteiger partial charge in [0, 0.05) is 6.04 Å². The zero-order valence-electron chi connectivity index (χ0n) is 10.8. The Balaban J connectivity index is 2.16. The number of anilines is 1. The topological polar surface area (TPSA) is 48.7 Å². The number of hydrogen-bond acceptors (Lipinski definition) is 3. The number of hydrogen-bond donors (Lipinski definition) is 1. The molecule has 4 heteroatoms. The Morgan fingerprint density at radius 1 is 1.21 bits per heavy atom. The lowest BCUT2D eigenvalue weighted by Gasteiger charge is -2.17. The van der Waals surface area contributed by atoms with Gasteiger partial charge in [-0.15, -0.1) is 0 Å². The fraction of sp³-hybridized carbons (Fsp3) is 0.200. The van der Waals surface area contributed by atoms with Crippen LogP contribution in [0.4, 0.5) is 5.69 Å². The van der Waals surface area contributed by atoms with Crippen molar-refractivity contribution in [1.82, 2.24) is 4.98 Å². The number of benzene rings is 1. The summed E-state index contributed by atoms with van der Waals surface area (Å²) >= 11 is 5.83. The maximum atomic E-state index is 8.78. The predicted molar refractivity (Wildman–Crippen MR) is 77.2 cm³/mol. The van der Waals surface area contributed by atoms with Crippen LogP contribution in [-0.4, -0.2) is 4.98 Å². The second kappa shape index (κ2) is 5.73. The van der Waals surface area contributed by atoms with Crippen LogP contribution in [0.15, 0.2) is 36.4 Å². The first-order valence-electron chi connectivity index (χ1n) is 6.00. The van der Waals surface area contributed by atoms with Crippen LogP contribution in [0.5, 0.6) is 0 Å². The van der Waals surface area contributed by atoms with Gasteiger partial charge in [0.05, 0.1) is 23.0 Å². The minimum Gasteiger partial charge on any atom is -0.377 e. The molecule has 1 heterocycles. The maximum Gasteiger partial charge on any atom is 0.129 e. The van der Waals surface area contributed by atoms with Gasteiger partial charge in [-0.05, 0) is 43.7 Å². The van der Waals surface area contributed by atoms with E-state index in [0.717, 1.165) is 16.9 Å². The van der Waals surface area contributed by atoms with Gasteiger partial charge < -0.3 is 5.32 Å². The van der Waals surface area contributed by atoms with Crippen LogP contribution in [0.2, 0.25) is 5.15 Å². The third kappa shape index (κ3) is 3.24. The van der Waals surface area contributed by atoms with Gasteiger partial charge in [-0.1, -0.05) is 23.7 Å². The first kappa shape index (κ1) is 13.4. The van der Waals surface area contributed by atoms with E-state index < -0.39 is 0 Å². The Bertz CT molecular complexity index is 614. The highest BCUT2D eigenvalue weighted by molar-refractivity contribution is 6.29. The number of nitriles is 1. The third-order valence-electron chi connectivity index (χ3n) is 2.96. The summed E-state index contributed by atoms with van der Waals surface area (Å²) < 4.78 is 0. The molecule has 0 saturated heterocycles. The summed E-state index contributed by atoms with van der Waals surface area (Å²) in [7, 11) is 0. The molecule has 0 bridgehead atoms. The van der Waals surface area contributed by atoms with Gasteiger partial charge in [0.2, 0.25) is 0 Å². The van der Waals surface area contributed by atoms with Crippen molar-refractivity contribution in [3.63, 3.8) is 0 Å². The molecular formula is C15H14ClN3. The molecule has 1 aromatic carbocycles. The van der Waals surface area contributed by atoms with Crippen molar-refractivity contribution >= 4 is 17.3 Å². The van der Waals surface area contributed by atoms with Gasteiger partial charge in [0.15, 0.2) is 0 Å². The Morgan fingerprint density at radius 2 is 1.89 bits per heavy atom. The molecule has 96 valence electrons. The van der Waals surface area contributed by atoms with Gasteiger partial charge >= 0.3 is 0 Å². The molecule has 0 radical (unpaired) electrons. The lowest BCUT2D eigenvalue weighted by atomic mass is 10.1. The van der Waals surface area contributed by atoms with Crippen LogP contribution in [-0.2, 0) is 0 Å². The molecule has 0 amide bonds. The average Bonchev–Trinajstić information content (AvgIpc) is 2.42. The minimum atomic E-state index is 0.134. The van der Waals surface area contributed by atoms with Gasteiger partial charge in [0.1, 0.15) is 5.15 Å². The van der Waals surface area contributed by atoms with E-state index in [9.17, 15) is 0 Å². The lowest BCUT2D eigenvalue weighted by molar-refractivity contribution is 0.879. The highest BCUT2D eigenvalue weighted by Crippen LogP contribution is 2.22. The van der Waals surface area contributed by atoms with Crippen LogP contribution < -0.4 is 5.32 Å². The van der Waals surface area contributed by atoms with Crippen LogP contribution >= 0.6 is 11.6 Å². The number of aromatic nitrogens is 1. The molecule has 0 aliphatic carbocycles. The average molecular weight is 272 g/mol. The van der Waals surface area contributed by atoms with E-state index in [4.69, 9.17) is 16.9 Å². The highest BCUT2D eigenvalue weighted by atomic mass is 35.5. The fourth-order valence-corrected chi connectivity index (χ4v) is 2.04. The van der Waals surface area contributed by atoms with E-state index in [1.807, 2.05) is 37.3 Å². The summed E-state index contributed by atoms with van der Waals surface area (Å²) in [6.07, 6.45) is 0. The van der Waals surface area contributed by atoms with E-state index in [-0.39, 0.29) is 6.04 Å². The molecule has 0 spiro atoms. The van der Waals surface area contributed by atoms with Crippen molar-refractivity contribution in [1.29, 1.82) is 5.26 Å². The largest absolute Gasteiger partial charge is 0.377 e. The van der Waals surface area contributed by atoms with Crippen LogP contribution in [0.3, 0.4) is 0 Å². The first-order chi connectivity index (χ1) is 9.10. The number of rotatable bonds is 3. The minimum absolute atomic E-state index is 0.134. The summed E-state index contributed by atoms with van der Waals surface area (Å²) in [5, 5.41) is 12.7. The van der Waals surface area contributed by atoms with E-state index >= 15 is 0 Å². The second-order valence-corrected chi connectivity index (χ2v) is 4.75. The summed E-state index contributed by atoms with van der Waals surface area (Å²) in [5.41, 5.74) is 3.61. The van der Waals surface area contributed by atoms with E-state index in [0.29, 0.717) is 10.7 Å². The smallest absolute Gasteiger partial charge is 0.129 e. The Labute approximate surface area is 117 Å². The third-order valence-corrected chi connectivity index (χ3v) is 3.17. The molecular weight excluding hydrogens is 258 g/mol. The van der Waals surface area contributed by atoms with Crippen molar-refractivity contribution < 1.29 is 0 Å². The zero-order valence-corrected chi connectivity index (χ0v) is 11.6. The highest BCUT2D eigenvalue weighted by Gasteiger charge is 2.07. The van der Waals surface area contributed by atoms with Gasteiger partial charge in [0.25, 0.3) is 0 Å². The Kier molecular flexibility index (Phi) is 4.03. The fourth-order valence-electron chi connectivity index (χ4n) is 1.85. The summed E-state index contributed by atoms with van der Waals surface area (Å²) in [6.45, 7) is 3.98. The molecule has 19 heavy (non-hydrogen) atoms. The quantitative estimate of drug-likeness (QED) is 0.856. The van der Waals surface area contributed by atoms with Crippen LogP contribution in [0.1, 0.15) is 29.8 Å². The molecule has 1 N–H and O–H groups in total. The molecule has 1 unspecified atom stereocenters. The monoisotopic (exact) mass is 271 g/mol. The zero-order chi connectivity index (χ0) is 13.8. The van der Waals surface area contributed by atoms with Crippen LogP contribution in [0, 0.1) is 18.3 Å². The molecule has 1 atom stereocenters. The van der Waals surface area contributed by atoms with E-state index in [2.05, 4.69) is 23.3 Å². The molecule has 2 aromatic rings. The lowest BCUT2D eigenvalue weighted by Crippen LogP contribution is -2.08. The Morgan fingerprint density at radius 3 is 2.47 bits per heavy atom. The molecule has 0 aliphatic heterocycles. The van der Waals surface area contributed by atoms with E-state index in [1.54, 1.807) is 6.07 Å². The summed E-state index contributed by atoms with van der Waals surface area (Å²) in [4.78, 5) is 4.21. The normalized spacial score (nSPS) is 11.7. The number of aryl methyl sites for hydroxylation is 1. The summed E-state index contributed by atoms with van der Waals surface area (Å²) in [5.74, 6) is 0. The Hall–Kier alpha value is -2.05. The van der Waals surface area contributed by atoms with E-state index in [1.165, 1.54) is 0 Å². The SMILES string of the molecule is Cc1nc(Cl)ccc1NC(C)c1ccc(C#N)cc1. The molecule has 0 saturated carbocycles. The number of halogens is 1.